The van der Waals surface area contributed by atoms with Crippen LogP contribution >= 0.6 is 11.3 Å². The number of aryl methyl sites for hydroxylation is 1. The van der Waals surface area contributed by atoms with E-state index in [0.717, 1.165) is 30.3 Å². The lowest BCUT2D eigenvalue weighted by atomic mass is 10.0. The molecular weight excluding hydrogens is 396 g/mol. The number of carbonyl (C=O) groups is 1. The Kier molecular flexibility index (Phi) is 6.77. The van der Waals surface area contributed by atoms with E-state index in [4.69, 9.17) is 9.47 Å². The SMILES string of the molecule is Cc1nc(COc2ccc(C(=O)c3[c]cccc3OCCN3CCCC3)cc2)cs1. The van der Waals surface area contributed by atoms with Crippen molar-refractivity contribution in [3.8, 4) is 11.5 Å². The van der Waals surface area contributed by atoms with E-state index in [1.54, 1.807) is 29.5 Å². The lowest BCUT2D eigenvalue weighted by Crippen LogP contribution is -2.25. The van der Waals surface area contributed by atoms with Gasteiger partial charge in [0.25, 0.3) is 0 Å². The molecule has 1 aromatic heterocycles. The first kappa shape index (κ1) is 20.6. The Morgan fingerprint density at radius 2 is 1.97 bits per heavy atom. The molecule has 0 bridgehead atoms. The van der Waals surface area contributed by atoms with Crippen molar-refractivity contribution < 1.29 is 14.3 Å². The van der Waals surface area contributed by atoms with Gasteiger partial charge < -0.3 is 9.47 Å². The Morgan fingerprint density at radius 1 is 1.17 bits per heavy atom. The molecule has 5 nitrogen and oxygen atoms in total. The number of hydrogen-bond donors (Lipinski definition) is 0. The average Bonchev–Trinajstić information content (AvgIpc) is 3.44. The summed E-state index contributed by atoms with van der Waals surface area (Å²) in [5, 5.41) is 3.01. The summed E-state index contributed by atoms with van der Waals surface area (Å²) in [5.41, 5.74) is 1.96. The zero-order valence-corrected chi connectivity index (χ0v) is 17.9. The maximum absolute atomic E-state index is 13.0. The summed E-state index contributed by atoms with van der Waals surface area (Å²) < 4.78 is 11.7. The summed E-state index contributed by atoms with van der Waals surface area (Å²) >= 11 is 1.60. The molecular formula is C24H25N2O3S. The van der Waals surface area contributed by atoms with Gasteiger partial charge in [-0.2, -0.15) is 0 Å². The molecule has 0 aliphatic carbocycles. The third-order valence-corrected chi connectivity index (χ3v) is 5.90. The van der Waals surface area contributed by atoms with Gasteiger partial charge in [-0.1, -0.05) is 12.1 Å². The minimum absolute atomic E-state index is 0.103. The second-order valence-corrected chi connectivity index (χ2v) is 8.37. The van der Waals surface area contributed by atoms with E-state index < -0.39 is 0 Å². The van der Waals surface area contributed by atoms with Crippen LogP contribution in [0.5, 0.6) is 11.5 Å². The van der Waals surface area contributed by atoms with Crippen molar-refractivity contribution in [2.45, 2.75) is 26.4 Å². The molecule has 0 saturated carbocycles. The van der Waals surface area contributed by atoms with Crippen molar-refractivity contribution >= 4 is 17.1 Å². The molecule has 2 heterocycles. The molecule has 4 rings (SSSR count). The topological polar surface area (TPSA) is 51.7 Å². The maximum atomic E-state index is 13.0. The van der Waals surface area contributed by atoms with Crippen LogP contribution in [0.3, 0.4) is 0 Å². The van der Waals surface area contributed by atoms with Crippen LogP contribution in [0, 0.1) is 13.0 Å². The monoisotopic (exact) mass is 421 g/mol. The molecule has 155 valence electrons. The molecule has 0 spiro atoms. The first-order valence-corrected chi connectivity index (χ1v) is 11.1. The minimum Gasteiger partial charge on any atom is -0.491 e. The lowest BCUT2D eigenvalue weighted by Gasteiger charge is -2.16. The molecule has 1 saturated heterocycles. The lowest BCUT2D eigenvalue weighted by molar-refractivity contribution is 0.103. The van der Waals surface area contributed by atoms with Gasteiger partial charge in [-0.15, -0.1) is 11.3 Å². The van der Waals surface area contributed by atoms with Crippen LogP contribution in [0.15, 0.2) is 47.8 Å². The molecule has 0 N–H and O–H groups in total. The Morgan fingerprint density at radius 3 is 2.70 bits per heavy atom. The predicted molar refractivity (Wildman–Crippen MR) is 118 cm³/mol. The van der Waals surface area contributed by atoms with E-state index >= 15 is 0 Å². The molecule has 1 aliphatic rings. The van der Waals surface area contributed by atoms with Gasteiger partial charge in [0.15, 0.2) is 5.78 Å². The van der Waals surface area contributed by atoms with Gasteiger partial charge in [-0.05, 0) is 69.3 Å². The van der Waals surface area contributed by atoms with Gasteiger partial charge in [0.2, 0.25) is 0 Å². The number of likely N-dealkylation sites (tertiary alicyclic amines) is 1. The first-order valence-electron chi connectivity index (χ1n) is 10.2. The van der Waals surface area contributed by atoms with Crippen LogP contribution in [-0.2, 0) is 6.61 Å². The van der Waals surface area contributed by atoms with E-state index in [0.29, 0.717) is 35.8 Å². The second-order valence-electron chi connectivity index (χ2n) is 7.31. The number of nitrogens with zero attached hydrogens (tertiary/aromatic N) is 2. The summed E-state index contributed by atoms with van der Waals surface area (Å²) in [6, 6.07) is 15.6. The molecule has 30 heavy (non-hydrogen) atoms. The van der Waals surface area contributed by atoms with Crippen molar-refractivity contribution in [2.24, 2.45) is 0 Å². The van der Waals surface area contributed by atoms with Crippen LogP contribution in [0.4, 0.5) is 0 Å². The third-order valence-electron chi connectivity index (χ3n) is 5.08. The van der Waals surface area contributed by atoms with Gasteiger partial charge in [-0.25, -0.2) is 4.98 Å². The van der Waals surface area contributed by atoms with Crippen LogP contribution in [0.1, 0.15) is 39.5 Å². The number of benzene rings is 2. The fourth-order valence-corrected chi connectivity index (χ4v) is 4.09. The number of aromatic nitrogens is 1. The summed E-state index contributed by atoms with van der Waals surface area (Å²) in [6.45, 7) is 6.10. The number of hydrogen-bond acceptors (Lipinski definition) is 6. The third kappa shape index (κ3) is 5.26. The second kappa shape index (κ2) is 9.87. The van der Waals surface area contributed by atoms with Gasteiger partial charge >= 0.3 is 0 Å². The van der Waals surface area contributed by atoms with Crippen molar-refractivity contribution in [3.05, 3.63) is 75.7 Å². The van der Waals surface area contributed by atoms with Crippen molar-refractivity contribution in [2.75, 3.05) is 26.2 Å². The normalized spacial score (nSPS) is 14.0. The fourth-order valence-electron chi connectivity index (χ4n) is 3.49. The van der Waals surface area contributed by atoms with E-state index in [-0.39, 0.29) is 5.78 Å². The molecule has 0 atom stereocenters. The maximum Gasteiger partial charge on any atom is 0.197 e. The van der Waals surface area contributed by atoms with Crippen molar-refractivity contribution in [1.29, 1.82) is 0 Å². The molecule has 1 aliphatic heterocycles. The average molecular weight is 422 g/mol. The van der Waals surface area contributed by atoms with Crippen LogP contribution < -0.4 is 9.47 Å². The zero-order chi connectivity index (χ0) is 20.8. The highest BCUT2D eigenvalue weighted by Gasteiger charge is 2.16. The van der Waals surface area contributed by atoms with Crippen molar-refractivity contribution in [1.82, 2.24) is 9.88 Å². The first-order chi connectivity index (χ1) is 14.7. The van der Waals surface area contributed by atoms with E-state index in [1.807, 2.05) is 36.6 Å². The Balaban J connectivity index is 1.37. The highest BCUT2D eigenvalue weighted by atomic mass is 32.1. The molecule has 1 radical (unpaired) electrons. The number of carbonyl (C=O) groups excluding carboxylic acids is 1. The summed E-state index contributed by atoms with van der Waals surface area (Å²) in [5.74, 6) is 1.19. The Labute approximate surface area is 181 Å². The fraction of sp³-hybridized carbons (Fsp3) is 0.333. The van der Waals surface area contributed by atoms with Crippen molar-refractivity contribution in [3.63, 3.8) is 0 Å². The van der Waals surface area contributed by atoms with Crippen LogP contribution in [0.2, 0.25) is 0 Å². The van der Waals surface area contributed by atoms with Crippen LogP contribution in [0.25, 0.3) is 0 Å². The van der Waals surface area contributed by atoms with E-state index in [2.05, 4.69) is 16.0 Å². The predicted octanol–water partition coefficient (Wildman–Crippen LogP) is 4.54. The summed E-state index contributed by atoms with van der Waals surface area (Å²) in [4.78, 5) is 19.8. The highest BCUT2D eigenvalue weighted by Crippen LogP contribution is 2.23. The quantitative estimate of drug-likeness (QED) is 0.475. The number of ketones is 1. The zero-order valence-electron chi connectivity index (χ0n) is 17.1. The number of thiazole rings is 1. The van der Waals surface area contributed by atoms with Crippen LogP contribution in [-0.4, -0.2) is 41.9 Å². The van der Waals surface area contributed by atoms with Gasteiger partial charge in [0.05, 0.1) is 16.3 Å². The molecule has 2 aromatic carbocycles. The highest BCUT2D eigenvalue weighted by molar-refractivity contribution is 7.09. The van der Waals surface area contributed by atoms with Gasteiger partial charge in [-0.3, -0.25) is 9.69 Å². The molecule has 6 heteroatoms. The largest absolute Gasteiger partial charge is 0.491 e. The number of rotatable bonds is 9. The van der Waals surface area contributed by atoms with E-state index in [9.17, 15) is 4.79 Å². The smallest absolute Gasteiger partial charge is 0.197 e. The van der Waals surface area contributed by atoms with Gasteiger partial charge in [0, 0.05) is 17.5 Å². The summed E-state index contributed by atoms with van der Waals surface area (Å²) in [6.07, 6.45) is 2.51. The minimum atomic E-state index is -0.103. The standard InChI is InChI=1S/C24H25N2O3S/c1-18-25-20(17-30-18)16-29-21-10-8-19(9-11-21)24(27)22-6-2-3-7-23(22)28-15-14-26-12-4-5-13-26/h2-3,7-11,17H,4-5,12-16H2,1H3. The summed E-state index contributed by atoms with van der Waals surface area (Å²) in [7, 11) is 0. The molecule has 3 aromatic rings. The molecule has 0 amide bonds. The Hall–Kier alpha value is -2.70. The molecule has 1 fully saturated rings. The number of ether oxygens (including phenoxy) is 2. The van der Waals surface area contributed by atoms with Gasteiger partial charge in [0.1, 0.15) is 24.7 Å². The Bertz CT molecular complexity index is 978. The van der Waals surface area contributed by atoms with E-state index in [1.165, 1.54) is 12.8 Å². The molecule has 0 unspecified atom stereocenters.